The summed E-state index contributed by atoms with van der Waals surface area (Å²) in [6.07, 6.45) is 14.2. The first kappa shape index (κ1) is 21.4. The van der Waals surface area contributed by atoms with Gasteiger partial charge in [0.05, 0.1) is 13.2 Å². The molecule has 5 fully saturated rings. The van der Waals surface area contributed by atoms with Gasteiger partial charge >= 0.3 is 0 Å². The molecule has 5 aliphatic rings. The van der Waals surface area contributed by atoms with E-state index in [-0.39, 0.29) is 22.4 Å². The maximum atomic E-state index is 6.43. The van der Waals surface area contributed by atoms with Crippen molar-refractivity contribution in [2.24, 2.45) is 34.5 Å². The molecule has 7 atom stereocenters. The van der Waals surface area contributed by atoms with Gasteiger partial charge in [-0.25, -0.2) is 0 Å². The Kier molecular flexibility index (Phi) is 5.41. The van der Waals surface area contributed by atoms with Gasteiger partial charge in [-0.3, -0.25) is 0 Å². The van der Waals surface area contributed by atoms with Crippen LogP contribution in [0, 0.1) is 34.5 Å². The molecule has 1 heterocycles. The van der Waals surface area contributed by atoms with Crippen LogP contribution >= 0.6 is 0 Å². The van der Waals surface area contributed by atoms with E-state index in [0.29, 0.717) is 11.8 Å². The first-order valence-corrected chi connectivity index (χ1v) is 12.6. The number of hydrogen-bond acceptors (Lipinski definition) is 4. The highest BCUT2D eigenvalue weighted by molar-refractivity contribution is 5.18. The molecule has 0 radical (unpaired) electrons. The van der Waals surface area contributed by atoms with E-state index in [0.717, 1.165) is 57.3 Å². The third-order valence-electron chi connectivity index (χ3n) is 10.5. The van der Waals surface area contributed by atoms with Crippen molar-refractivity contribution in [1.82, 2.24) is 0 Å². The van der Waals surface area contributed by atoms with Crippen LogP contribution in [0.15, 0.2) is 12.7 Å². The lowest BCUT2D eigenvalue weighted by Crippen LogP contribution is -2.60. The molecule has 4 saturated carbocycles. The predicted molar refractivity (Wildman–Crippen MR) is 117 cm³/mol. The fourth-order valence-corrected chi connectivity index (χ4v) is 9.36. The van der Waals surface area contributed by atoms with E-state index in [1.54, 1.807) is 0 Å². The number of rotatable bonds is 5. The minimum absolute atomic E-state index is 0.168. The minimum atomic E-state index is -0.382. The summed E-state index contributed by atoms with van der Waals surface area (Å²) >= 11 is 0. The van der Waals surface area contributed by atoms with E-state index in [1.165, 1.54) is 38.5 Å². The number of ether oxygens (including phenoxy) is 4. The Hall–Kier alpha value is -0.420. The van der Waals surface area contributed by atoms with E-state index in [1.807, 2.05) is 7.11 Å². The molecule has 170 valence electrons. The summed E-state index contributed by atoms with van der Waals surface area (Å²) in [5, 5.41) is 0. The van der Waals surface area contributed by atoms with Crippen LogP contribution in [0.25, 0.3) is 0 Å². The van der Waals surface area contributed by atoms with Crippen LogP contribution in [-0.2, 0) is 18.9 Å². The Labute approximate surface area is 183 Å². The van der Waals surface area contributed by atoms with Crippen LogP contribution in [0.4, 0.5) is 0 Å². The fraction of sp³-hybridized carbons (Fsp3) is 0.923. The van der Waals surface area contributed by atoms with Crippen molar-refractivity contribution < 1.29 is 18.9 Å². The highest BCUT2D eigenvalue weighted by Gasteiger charge is 2.68. The van der Waals surface area contributed by atoms with E-state index >= 15 is 0 Å². The average molecular weight is 419 g/mol. The van der Waals surface area contributed by atoms with Crippen molar-refractivity contribution >= 4 is 0 Å². The van der Waals surface area contributed by atoms with Crippen LogP contribution < -0.4 is 0 Å². The largest absolute Gasteiger partial charge is 0.353 e. The van der Waals surface area contributed by atoms with E-state index < -0.39 is 0 Å². The zero-order valence-electron chi connectivity index (χ0n) is 19.4. The van der Waals surface area contributed by atoms with Gasteiger partial charge in [-0.05, 0) is 81.0 Å². The van der Waals surface area contributed by atoms with E-state index in [2.05, 4.69) is 26.5 Å². The molecule has 0 aromatic carbocycles. The normalized spacial score (nSPS) is 49.4. The zero-order valence-corrected chi connectivity index (χ0v) is 19.4. The Bertz CT molecular complexity index is 657. The van der Waals surface area contributed by atoms with Crippen molar-refractivity contribution in [3.8, 4) is 0 Å². The van der Waals surface area contributed by atoms with Gasteiger partial charge in [0, 0.05) is 38.4 Å². The monoisotopic (exact) mass is 418 g/mol. The van der Waals surface area contributed by atoms with Crippen LogP contribution in [0.1, 0.15) is 78.1 Å². The maximum Gasteiger partial charge on any atom is 0.173 e. The smallest absolute Gasteiger partial charge is 0.173 e. The minimum Gasteiger partial charge on any atom is -0.353 e. The topological polar surface area (TPSA) is 36.9 Å². The first-order chi connectivity index (χ1) is 14.5. The molecule has 1 spiro atoms. The summed E-state index contributed by atoms with van der Waals surface area (Å²) in [5.74, 6) is 2.20. The summed E-state index contributed by atoms with van der Waals surface area (Å²) < 4.78 is 24.9. The van der Waals surface area contributed by atoms with Crippen LogP contribution in [0.2, 0.25) is 0 Å². The second-order valence-corrected chi connectivity index (χ2v) is 10.8. The molecule has 1 saturated heterocycles. The van der Waals surface area contributed by atoms with Gasteiger partial charge in [0.25, 0.3) is 0 Å². The summed E-state index contributed by atoms with van der Waals surface area (Å²) in [6, 6.07) is 0. The summed E-state index contributed by atoms with van der Waals surface area (Å²) in [7, 11) is 1.88. The maximum absolute atomic E-state index is 6.43. The molecule has 0 N–H and O–H groups in total. The van der Waals surface area contributed by atoms with Gasteiger partial charge in [0.1, 0.15) is 0 Å². The predicted octanol–water partition coefficient (Wildman–Crippen LogP) is 5.71. The van der Waals surface area contributed by atoms with E-state index in [4.69, 9.17) is 18.9 Å². The Morgan fingerprint density at radius 1 is 0.967 bits per heavy atom. The molecular formula is C26H42O4. The lowest BCUT2D eigenvalue weighted by molar-refractivity contribution is -0.298. The molecule has 0 amide bonds. The van der Waals surface area contributed by atoms with Gasteiger partial charge in [-0.2, -0.15) is 0 Å². The Morgan fingerprint density at radius 2 is 1.73 bits per heavy atom. The number of fused-ring (bicyclic) bond motifs is 5. The first-order valence-electron chi connectivity index (χ1n) is 12.6. The summed E-state index contributed by atoms with van der Waals surface area (Å²) in [6.45, 7) is 11.2. The number of hydrogen-bond donors (Lipinski definition) is 0. The lowest BCUT2D eigenvalue weighted by Gasteiger charge is -2.63. The molecule has 4 nitrogen and oxygen atoms in total. The van der Waals surface area contributed by atoms with Crippen molar-refractivity contribution in [2.45, 2.75) is 89.6 Å². The molecule has 4 heteroatoms. The highest BCUT2D eigenvalue weighted by atomic mass is 16.7. The third kappa shape index (κ3) is 2.66. The van der Waals surface area contributed by atoms with Crippen molar-refractivity contribution in [1.29, 1.82) is 0 Å². The molecule has 2 unspecified atom stereocenters. The molecule has 4 aliphatic carbocycles. The molecule has 0 bridgehead atoms. The molecule has 30 heavy (non-hydrogen) atoms. The van der Waals surface area contributed by atoms with Gasteiger partial charge in [0.15, 0.2) is 11.6 Å². The second-order valence-electron chi connectivity index (χ2n) is 10.8. The van der Waals surface area contributed by atoms with Gasteiger partial charge in [-0.15, -0.1) is 6.58 Å². The van der Waals surface area contributed by atoms with Gasteiger partial charge < -0.3 is 18.9 Å². The Morgan fingerprint density at radius 3 is 2.40 bits per heavy atom. The van der Waals surface area contributed by atoms with Gasteiger partial charge in [0.2, 0.25) is 0 Å². The fourth-order valence-electron chi connectivity index (χ4n) is 9.36. The quantitative estimate of drug-likeness (QED) is 0.423. The van der Waals surface area contributed by atoms with Crippen LogP contribution in [0.5, 0.6) is 0 Å². The molecular weight excluding hydrogens is 376 g/mol. The van der Waals surface area contributed by atoms with E-state index in [9.17, 15) is 0 Å². The van der Waals surface area contributed by atoms with Crippen molar-refractivity contribution in [3.63, 3.8) is 0 Å². The van der Waals surface area contributed by atoms with Crippen molar-refractivity contribution in [2.75, 3.05) is 26.9 Å². The molecule has 5 rings (SSSR count). The summed E-state index contributed by atoms with van der Waals surface area (Å²) in [5.41, 5.74) is 0.426. The zero-order chi connectivity index (χ0) is 21.0. The van der Waals surface area contributed by atoms with Crippen LogP contribution in [0.3, 0.4) is 0 Å². The second kappa shape index (κ2) is 7.57. The molecule has 1 aliphatic heterocycles. The number of methoxy groups -OCH3 is 1. The average Bonchev–Trinajstić information content (AvgIpc) is 3.37. The lowest BCUT2D eigenvalue weighted by atomic mass is 9.43. The third-order valence-corrected chi connectivity index (χ3v) is 10.5. The number of allylic oxidation sites excluding steroid dienone is 1. The molecule has 0 aromatic heterocycles. The Balaban J connectivity index is 1.45. The highest BCUT2D eigenvalue weighted by Crippen LogP contribution is 2.71. The SMILES string of the molecule is C=C[C@]12CCC3(C[C@H]1CC[C@H]1[C@@H]4CCC(OC)(OCC)C4(CC)CC[C@@H]12)OCCO3. The van der Waals surface area contributed by atoms with Crippen LogP contribution in [-0.4, -0.2) is 38.5 Å². The standard InChI is InChI=1S/C26H42O4/c1-5-23-14-15-25(29-16-17-30-25)18-19(23)8-9-20-21(23)10-12-24(6-2)22(20)11-13-26(24,27-4)28-7-3/h5,19-22H,1,6-18H2,2-4H3/t19-,20-,21+,22+,23+,24?,26?/m1/s1. The summed E-state index contributed by atoms with van der Waals surface area (Å²) in [4.78, 5) is 0. The molecule has 0 aromatic rings. The van der Waals surface area contributed by atoms with Crippen molar-refractivity contribution in [3.05, 3.63) is 12.7 Å². The van der Waals surface area contributed by atoms with Gasteiger partial charge in [-0.1, -0.05) is 13.0 Å².